The Balaban J connectivity index is 1.49. The van der Waals surface area contributed by atoms with Crippen molar-refractivity contribution in [3.05, 3.63) is 86.9 Å². The van der Waals surface area contributed by atoms with Gasteiger partial charge < -0.3 is 9.32 Å². The predicted molar refractivity (Wildman–Crippen MR) is 114 cm³/mol. The Morgan fingerprint density at radius 1 is 1.11 bits per heavy atom. The first-order chi connectivity index (χ1) is 13.7. The van der Waals surface area contributed by atoms with Crippen molar-refractivity contribution in [1.29, 1.82) is 0 Å². The van der Waals surface area contributed by atoms with Gasteiger partial charge in [-0.1, -0.05) is 29.8 Å². The van der Waals surface area contributed by atoms with Crippen molar-refractivity contribution in [1.82, 2.24) is 9.88 Å². The summed E-state index contributed by atoms with van der Waals surface area (Å²) in [6.07, 6.45) is 1.88. The summed E-state index contributed by atoms with van der Waals surface area (Å²) in [6, 6.07) is 15.3. The van der Waals surface area contributed by atoms with Crippen LogP contribution in [0.25, 0.3) is 10.6 Å². The quantitative estimate of drug-likeness (QED) is 0.368. The van der Waals surface area contributed by atoms with Gasteiger partial charge in [0.2, 0.25) is 5.91 Å². The zero-order valence-electron chi connectivity index (χ0n) is 14.9. The molecular formula is C21H17ClN2O2S2. The van der Waals surface area contributed by atoms with E-state index in [2.05, 4.69) is 4.98 Å². The molecule has 0 unspecified atom stereocenters. The number of nitrogens with zero attached hydrogens (tertiary/aromatic N) is 2. The van der Waals surface area contributed by atoms with E-state index in [1.807, 2.05) is 64.2 Å². The lowest BCUT2D eigenvalue weighted by Gasteiger charge is -2.20. The lowest BCUT2D eigenvalue weighted by atomic mass is 10.2. The highest BCUT2D eigenvalue weighted by Crippen LogP contribution is 2.26. The third kappa shape index (κ3) is 4.70. The van der Waals surface area contributed by atoms with Crippen LogP contribution in [0, 0.1) is 0 Å². The lowest BCUT2D eigenvalue weighted by molar-refractivity contribution is -0.132. The molecule has 4 aromatic rings. The molecule has 1 aromatic carbocycles. The van der Waals surface area contributed by atoms with Gasteiger partial charge in [-0.05, 0) is 35.7 Å². The van der Waals surface area contributed by atoms with Crippen molar-refractivity contribution < 1.29 is 9.21 Å². The standard InChI is InChI=1S/C21H17ClN2O2S2/c22-16-5-1-4-15(10-16)21-23-17(14-28-21)11-20(25)24(12-18-6-2-8-26-18)13-19-7-3-9-27-19/h1-10,14H,11-13H2. The normalized spacial score (nSPS) is 10.9. The topological polar surface area (TPSA) is 46.3 Å². The number of thiazole rings is 1. The minimum absolute atomic E-state index is 0.0211. The first-order valence-corrected chi connectivity index (χ1v) is 10.8. The Hall–Kier alpha value is -2.41. The highest BCUT2D eigenvalue weighted by molar-refractivity contribution is 7.13. The largest absolute Gasteiger partial charge is 0.467 e. The fraction of sp³-hybridized carbons (Fsp3) is 0.143. The van der Waals surface area contributed by atoms with Gasteiger partial charge in [-0.15, -0.1) is 22.7 Å². The van der Waals surface area contributed by atoms with Gasteiger partial charge in [-0.25, -0.2) is 4.98 Å². The molecular weight excluding hydrogens is 412 g/mol. The minimum atomic E-state index is 0.0211. The van der Waals surface area contributed by atoms with Crippen LogP contribution in [0.15, 0.2) is 70.0 Å². The number of hydrogen-bond donors (Lipinski definition) is 0. The van der Waals surface area contributed by atoms with Gasteiger partial charge in [0.1, 0.15) is 10.8 Å². The molecule has 0 aliphatic heterocycles. The molecule has 3 heterocycles. The molecule has 1 amide bonds. The van der Waals surface area contributed by atoms with E-state index in [-0.39, 0.29) is 12.3 Å². The number of carbonyl (C=O) groups excluding carboxylic acids is 1. The fourth-order valence-corrected chi connectivity index (χ4v) is 4.55. The number of aromatic nitrogens is 1. The summed E-state index contributed by atoms with van der Waals surface area (Å²) in [4.78, 5) is 20.6. The summed E-state index contributed by atoms with van der Waals surface area (Å²) in [5, 5.41) is 5.49. The highest BCUT2D eigenvalue weighted by atomic mass is 35.5. The molecule has 0 bridgehead atoms. The van der Waals surface area contributed by atoms with Crippen molar-refractivity contribution in [2.45, 2.75) is 19.5 Å². The predicted octanol–water partition coefficient (Wildman–Crippen LogP) is 5.89. The summed E-state index contributed by atoms with van der Waals surface area (Å²) in [7, 11) is 0. The van der Waals surface area contributed by atoms with E-state index in [1.54, 1.807) is 17.6 Å². The van der Waals surface area contributed by atoms with Gasteiger partial charge >= 0.3 is 0 Å². The summed E-state index contributed by atoms with van der Waals surface area (Å²) in [5.41, 5.74) is 1.72. The van der Waals surface area contributed by atoms with Crippen molar-refractivity contribution >= 4 is 40.2 Å². The number of benzene rings is 1. The van der Waals surface area contributed by atoms with Crippen LogP contribution in [0.5, 0.6) is 0 Å². The van der Waals surface area contributed by atoms with Gasteiger partial charge in [0.15, 0.2) is 0 Å². The van der Waals surface area contributed by atoms with Crippen LogP contribution in [0.4, 0.5) is 0 Å². The van der Waals surface area contributed by atoms with Gasteiger partial charge in [-0.2, -0.15) is 0 Å². The Kier molecular flexibility index (Phi) is 5.90. The van der Waals surface area contributed by atoms with E-state index in [9.17, 15) is 4.79 Å². The number of rotatable bonds is 7. The molecule has 3 aromatic heterocycles. The molecule has 0 N–H and O–H groups in total. The van der Waals surface area contributed by atoms with Crippen LogP contribution in [-0.2, 0) is 24.3 Å². The summed E-state index contributed by atoms with van der Waals surface area (Å²) in [6.45, 7) is 0.998. The third-order valence-electron chi connectivity index (χ3n) is 4.16. The van der Waals surface area contributed by atoms with E-state index in [0.29, 0.717) is 18.1 Å². The van der Waals surface area contributed by atoms with E-state index in [0.717, 1.165) is 26.9 Å². The Bertz CT molecular complexity index is 1010. The van der Waals surface area contributed by atoms with Crippen molar-refractivity contribution in [3.63, 3.8) is 0 Å². The van der Waals surface area contributed by atoms with Crippen LogP contribution >= 0.6 is 34.3 Å². The first-order valence-electron chi connectivity index (χ1n) is 8.70. The SMILES string of the molecule is O=C(Cc1csc(-c2cccc(Cl)c2)n1)N(Cc1ccco1)Cc1cccs1. The smallest absolute Gasteiger partial charge is 0.229 e. The molecule has 0 fully saturated rings. The third-order valence-corrected chi connectivity index (χ3v) is 6.20. The molecule has 4 nitrogen and oxygen atoms in total. The number of hydrogen-bond acceptors (Lipinski definition) is 5. The molecule has 0 aliphatic rings. The molecule has 0 saturated heterocycles. The van der Waals surface area contributed by atoms with Gasteiger partial charge in [0, 0.05) is 20.8 Å². The number of halogens is 1. The van der Waals surface area contributed by atoms with Crippen molar-refractivity contribution in [3.8, 4) is 10.6 Å². The second-order valence-electron chi connectivity index (χ2n) is 6.24. The molecule has 142 valence electrons. The second kappa shape index (κ2) is 8.73. The average Bonchev–Trinajstić information content (AvgIpc) is 3.44. The van der Waals surface area contributed by atoms with Gasteiger partial charge in [0.05, 0.1) is 31.5 Å². The van der Waals surface area contributed by atoms with E-state index < -0.39 is 0 Å². The molecule has 0 spiro atoms. The molecule has 28 heavy (non-hydrogen) atoms. The highest BCUT2D eigenvalue weighted by Gasteiger charge is 2.18. The Labute approximate surface area is 176 Å². The molecule has 0 atom stereocenters. The number of amides is 1. The van der Waals surface area contributed by atoms with Crippen LogP contribution in [0.2, 0.25) is 5.02 Å². The van der Waals surface area contributed by atoms with Crippen molar-refractivity contribution in [2.75, 3.05) is 0 Å². The first kappa shape index (κ1) is 18.9. The number of carbonyl (C=O) groups is 1. The van der Waals surface area contributed by atoms with E-state index in [4.69, 9.17) is 16.0 Å². The maximum Gasteiger partial charge on any atom is 0.229 e. The zero-order chi connectivity index (χ0) is 19.3. The number of furan rings is 1. The Morgan fingerprint density at radius 2 is 2.04 bits per heavy atom. The molecule has 4 rings (SSSR count). The van der Waals surface area contributed by atoms with Crippen LogP contribution in [0.1, 0.15) is 16.3 Å². The van der Waals surface area contributed by atoms with Gasteiger partial charge in [-0.3, -0.25) is 4.79 Å². The maximum atomic E-state index is 13.0. The van der Waals surface area contributed by atoms with Crippen LogP contribution in [0.3, 0.4) is 0 Å². The Morgan fingerprint density at radius 3 is 2.79 bits per heavy atom. The zero-order valence-corrected chi connectivity index (χ0v) is 17.3. The molecule has 0 radical (unpaired) electrons. The summed E-state index contributed by atoms with van der Waals surface area (Å²) < 4.78 is 5.44. The summed E-state index contributed by atoms with van der Waals surface area (Å²) >= 11 is 9.23. The van der Waals surface area contributed by atoms with E-state index >= 15 is 0 Å². The van der Waals surface area contributed by atoms with Crippen LogP contribution in [-0.4, -0.2) is 15.8 Å². The molecule has 7 heteroatoms. The fourth-order valence-electron chi connectivity index (χ4n) is 2.82. The summed E-state index contributed by atoms with van der Waals surface area (Å²) in [5.74, 6) is 0.788. The van der Waals surface area contributed by atoms with E-state index in [1.165, 1.54) is 11.3 Å². The number of thiophene rings is 1. The molecule has 0 saturated carbocycles. The van der Waals surface area contributed by atoms with Gasteiger partial charge in [0.25, 0.3) is 0 Å². The van der Waals surface area contributed by atoms with Crippen molar-refractivity contribution in [2.24, 2.45) is 0 Å². The average molecular weight is 429 g/mol. The second-order valence-corrected chi connectivity index (χ2v) is 8.57. The minimum Gasteiger partial charge on any atom is -0.467 e. The maximum absolute atomic E-state index is 13.0. The molecule has 0 aliphatic carbocycles. The van der Waals surface area contributed by atoms with Crippen LogP contribution < -0.4 is 0 Å². The lowest BCUT2D eigenvalue weighted by Crippen LogP contribution is -2.31. The monoisotopic (exact) mass is 428 g/mol.